The maximum atomic E-state index is 9.76. The minimum Gasteiger partial charge on any atom is -0.407 e. The normalized spacial score (nSPS) is 21.2. The van der Waals surface area contributed by atoms with E-state index in [4.69, 9.17) is 4.43 Å². The second kappa shape index (κ2) is 8.72. The lowest BCUT2D eigenvalue weighted by Crippen LogP contribution is -2.66. The molecule has 1 aliphatic rings. The quantitative estimate of drug-likeness (QED) is 0.745. The van der Waals surface area contributed by atoms with Gasteiger partial charge in [-0.2, -0.15) is 0 Å². The van der Waals surface area contributed by atoms with E-state index in [0.29, 0.717) is 5.92 Å². The van der Waals surface area contributed by atoms with Crippen LogP contribution in [0.25, 0.3) is 0 Å². The monoisotopic (exact) mass is 382 g/mol. The van der Waals surface area contributed by atoms with Gasteiger partial charge in [0.2, 0.25) is 0 Å². The molecule has 0 heterocycles. The van der Waals surface area contributed by atoms with Gasteiger partial charge in [-0.1, -0.05) is 81.4 Å². The van der Waals surface area contributed by atoms with Crippen LogP contribution in [0.15, 0.2) is 60.7 Å². The molecule has 1 aliphatic carbocycles. The molecule has 146 valence electrons. The maximum absolute atomic E-state index is 9.76. The summed E-state index contributed by atoms with van der Waals surface area (Å²) in [7, 11) is -2.40. The molecule has 3 heteroatoms. The van der Waals surface area contributed by atoms with E-state index in [1.807, 2.05) is 0 Å². The van der Waals surface area contributed by atoms with Crippen molar-refractivity contribution in [3.8, 4) is 0 Å². The topological polar surface area (TPSA) is 29.5 Å². The van der Waals surface area contributed by atoms with Crippen LogP contribution in [0.1, 0.15) is 52.9 Å². The number of hydrogen-bond acceptors (Lipinski definition) is 2. The number of aliphatic hydroxyl groups is 1. The molecular formula is C24H34O2Si. The zero-order valence-corrected chi connectivity index (χ0v) is 18.0. The van der Waals surface area contributed by atoms with Crippen LogP contribution >= 0.6 is 0 Å². The Bertz CT molecular complexity index is 646. The van der Waals surface area contributed by atoms with E-state index >= 15 is 0 Å². The fraction of sp³-hybridized carbons (Fsp3) is 0.500. The zero-order chi connectivity index (χ0) is 19.3. The minimum absolute atomic E-state index is 0.0401. The molecule has 0 unspecified atom stereocenters. The van der Waals surface area contributed by atoms with Crippen molar-refractivity contribution in [1.29, 1.82) is 0 Å². The number of hydrogen-bond donors (Lipinski definition) is 1. The summed E-state index contributed by atoms with van der Waals surface area (Å²) in [5, 5.41) is 12.5. The van der Waals surface area contributed by atoms with Gasteiger partial charge in [-0.05, 0) is 53.4 Å². The van der Waals surface area contributed by atoms with Gasteiger partial charge in [0.25, 0.3) is 8.32 Å². The Balaban J connectivity index is 1.87. The van der Waals surface area contributed by atoms with Crippen molar-refractivity contribution in [1.82, 2.24) is 0 Å². The van der Waals surface area contributed by atoms with Crippen LogP contribution in [0, 0.1) is 5.92 Å². The Hall–Kier alpha value is -1.42. The number of aliphatic hydroxyl groups excluding tert-OH is 1. The summed E-state index contributed by atoms with van der Waals surface area (Å²) >= 11 is 0. The van der Waals surface area contributed by atoms with E-state index < -0.39 is 8.32 Å². The predicted molar refractivity (Wildman–Crippen MR) is 116 cm³/mol. The van der Waals surface area contributed by atoms with Gasteiger partial charge in [0.15, 0.2) is 0 Å². The van der Waals surface area contributed by atoms with Gasteiger partial charge in [-0.3, -0.25) is 0 Å². The van der Waals surface area contributed by atoms with Crippen molar-refractivity contribution in [3.05, 3.63) is 60.7 Å². The summed E-state index contributed by atoms with van der Waals surface area (Å²) in [5.41, 5.74) is 0. The summed E-state index contributed by atoms with van der Waals surface area (Å²) < 4.78 is 6.97. The van der Waals surface area contributed by atoms with E-state index in [-0.39, 0.29) is 11.1 Å². The Morgan fingerprint density at radius 3 is 1.78 bits per heavy atom. The van der Waals surface area contributed by atoms with Gasteiger partial charge < -0.3 is 9.53 Å². The Morgan fingerprint density at radius 1 is 0.852 bits per heavy atom. The molecule has 1 fully saturated rings. The van der Waals surface area contributed by atoms with Gasteiger partial charge in [-0.15, -0.1) is 0 Å². The Kier molecular flexibility index (Phi) is 6.56. The molecule has 0 aromatic heterocycles. The summed E-state index contributed by atoms with van der Waals surface area (Å²) in [6.45, 7) is 7.79. The maximum Gasteiger partial charge on any atom is 0.261 e. The average Bonchev–Trinajstić information content (AvgIpc) is 2.67. The van der Waals surface area contributed by atoms with Crippen molar-refractivity contribution in [2.45, 2.75) is 64.0 Å². The number of benzene rings is 2. The van der Waals surface area contributed by atoms with Crippen LogP contribution in [0.5, 0.6) is 0 Å². The van der Waals surface area contributed by atoms with E-state index in [1.54, 1.807) is 0 Å². The van der Waals surface area contributed by atoms with Gasteiger partial charge in [-0.25, -0.2) is 0 Å². The smallest absolute Gasteiger partial charge is 0.261 e. The first-order valence-electron chi connectivity index (χ1n) is 10.4. The molecule has 0 spiro atoms. The highest BCUT2D eigenvalue weighted by Crippen LogP contribution is 2.37. The summed E-state index contributed by atoms with van der Waals surface area (Å²) in [6.07, 6.45) is 5.17. The van der Waals surface area contributed by atoms with E-state index in [9.17, 15) is 5.11 Å². The van der Waals surface area contributed by atoms with E-state index in [1.165, 1.54) is 10.4 Å². The van der Waals surface area contributed by atoms with Crippen molar-refractivity contribution in [2.24, 2.45) is 5.92 Å². The first-order valence-corrected chi connectivity index (χ1v) is 12.3. The largest absolute Gasteiger partial charge is 0.407 e. The molecule has 2 aromatic carbocycles. The van der Waals surface area contributed by atoms with Crippen LogP contribution in [0.3, 0.4) is 0 Å². The van der Waals surface area contributed by atoms with Crippen LogP contribution in [0.2, 0.25) is 5.04 Å². The van der Waals surface area contributed by atoms with Gasteiger partial charge in [0.1, 0.15) is 0 Å². The lowest BCUT2D eigenvalue weighted by atomic mass is 9.86. The molecule has 0 aliphatic heterocycles. The van der Waals surface area contributed by atoms with E-state index in [2.05, 4.69) is 81.4 Å². The fourth-order valence-electron chi connectivity index (χ4n) is 4.57. The first-order chi connectivity index (χ1) is 12.9. The van der Waals surface area contributed by atoms with E-state index in [0.717, 1.165) is 38.7 Å². The molecule has 0 amide bonds. The van der Waals surface area contributed by atoms with Crippen LogP contribution in [-0.4, -0.2) is 26.1 Å². The van der Waals surface area contributed by atoms with Crippen LogP contribution in [0.4, 0.5) is 0 Å². The molecule has 3 rings (SSSR count). The third-order valence-electron chi connectivity index (χ3n) is 6.08. The molecule has 1 saturated carbocycles. The van der Waals surface area contributed by atoms with Crippen molar-refractivity contribution >= 4 is 18.7 Å². The first kappa shape index (κ1) is 20.3. The van der Waals surface area contributed by atoms with Crippen molar-refractivity contribution in [2.75, 3.05) is 6.61 Å². The van der Waals surface area contributed by atoms with Crippen molar-refractivity contribution in [3.63, 3.8) is 0 Å². The van der Waals surface area contributed by atoms with Gasteiger partial charge in [0.05, 0.1) is 6.10 Å². The van der Waals surface area contributed by atoms with Gasteiger partial charge in [0, 0.05) is 6.61 Å². The molecule has 0 saturated heterocycles. The standard InChI is InChI=1S/C24H34O2Si/c1-24(2,3)27(22-10-6-4-7-11-22,23-12-8-5-9-13-23)26-19-18-20-14-16-21(25)17-15-20/h4-13,20-21,25H,14-19H2,1-3H3/t20-,21-. The number of rotatable bonds is 6. The zero-order valence-electron chi connectivity index (χ0n) is 17.0. The average molecular weight is 383 g/mol. The SMILES string of the molecule is CC(C)(C)[Si](OCC[C@H]1CC[C@H](O)CC1)(c1ccccc1)c1ccccc1. The molecule has 2 nitrogen and oxygen atoms in total. The third kappa shape index (κ3) is 4.53. The highest BCUT2D eigenvalue weighted by molar-refractivity contribution is 6.99. The van der Waals surface area contributed by atoms with Crippen molar-refractivity contribution < 1.29 is 9.53 Å². The lowest BCUT2D eigenvalue weighted by Gasteiger charge is -2.43. The van der Waals surface area contributed by atoms with Crippen LogP contribution < -0.4 is 10.4 Å². The Labute approximate surface area is 165 Å². The Morgan fingerprint density at radius 2 is 1.33 bits per heavy atom. The molecule has 27 heavy (non-hydrogen) atoms. The molecule has 0 atom stereocenters. The molecule has 0 radical (unpaired) electrons. The second-order valence-electron chi connectivity index (χ2n) is 8.97. The minimum atomic E-state index is -2.40. The highest BCUT2D eigenvalue weighted by Gasteiger charge is 2.50. The third-order valence-corrected chi connectivity index (χ3v) is 11.1. The summed E-state index contributed by atoms with van der Waals surface area (Å²) in [4.78, 5) is 0. The molecule has 0 bridgehead atoms. The van der Waals surface area contributed by atoms with Crippen LogP contribution in [-0.2, 0) is 4.43 Å². The second-order valence-corrected chi connectivity index (χ2v) is 13.3. The fourth-order valence-corrected chi connectivity index (χ4v) is 9.15. The molecular weight excluding hydrogens is 348 g/mol. The highest BCUT2D eigenvalue weighted by atomic mass is 28.4. The molecule has 2 aromatic rings. The van der Waals surface area contributed by atoms with Gasteiger partial charge >= 0.3 is 0 Å². The molecule has 1 N–H and O–H groups in total. The lowest BCUT2D eigenvalue weighted by molar-refractivity contribution is 0.101. The predicted octanol–water partition coefficient (Wildman–Crippen LogP) is 4.50. The summed E-state index contributed by atoms with van der Waals surface area (Å²) in [6, 6.07) is 21.7. The summed E-state index contributed by atoms with van der Waals surface area (Å²) in [5.74, 6) is 0.687.